The highest BCUT2D eigenvalue weighted by Gasteiger charge is 2.52. The molecule has 0 aromatic carbocycles. The first-order chi connectivity index (χ1) is 18.2. The van der Waals surface area contributed by atoms with Crippen molar-refractivity contribution in [1.82, 2.24) is 34.7 Å². The molecule has 1 spiro atoms. The van der Waals surface area contributed by atoms with Crippen molar-refractivity contribution < 1.29 is 27.4 Å². The monoisotopic (exact) mass is 566 g/mol. The summed E-state index contributed by atoms with van der Waals surface area (Å²) in [7, 11) is 0.144. The molecule has 4 heterocycles. The van der Waals surface area contributed by atoms with Crippen LogP contribution >= 0.6 is 11.6 Å². The van der Waals surface area contributed by atoms with Gasteiger partial charge < -0.3 is 18.9 Å². The van der Waals surface area contributed by atoms with Crippen molar-refractivity contribution in [2.45, 2.75) is 37.0 Å². The Labute approximate surface area is 224 Å². The fraction of sp³-hybridized carbons (Fsp3) is 0.545. The van der Waals surface area contributed by atoms with Crippen LogP contribution in [0.15, 0.2) is 18.7 Å². The molecule has 3 aromatic rings. The summed E-state index contributed by atoms with van der Waals surface area (Å²) in [6.45, 7) is 2.87. The average Bonchev–Trinajstić information content (AvgIpc) is 3.25. The smallest absolute Gasteiger partial charge is 0.245 e. The second-order valence-electron chi connectivity index (χ2n) is 9.32. The Morgan fingerprint density at radius 3 is 2.24 bits per heavy atom. The molecular weight excluding hydrogens is 540 g/mol. The van der Waals surface area contributed by atoms with Gasteiger partial charge in [-0.1, -0.05) is 11.6 Å². The fourth-order valence-electron chi connectivity index (χ4n) is 4.84. The van der Waals surface area contributed by atoms with Gasteiger partial charge in [-0.3, -0.25) is 9.29 Å². The van der Waals surface area contributed by atoms with Crippen LogP contribution in [0.5, 0.6) is 11.8 Å². The van der Waals surface area contributed by atoms with Crippen molar-refractivity contribution in [3.63, 3.8) is 0 Å². The molecule has 204 valence electrons. The molecule has 1 saturated heterocycles. The first kappa shape index (κ1) is 26.5. The third-order valence-corrected chi connectivity index (χ3v) is 8.78. The SMILES string of the molecule is COc1ncnc(OC)c1-n1c(NS(=O)(=O)[C@@H](C)[C@H](OC)c2ncc(Cl)cn2)nnc1C1CC2(COC2)C1. The number of anilines is 1. The third-order valence-electron chi connectivity index (χ3n) is 6.89. The largest absolute Gasteiger partial charge is 0.479 e. The molecule has 16 heteroatoms. The van der Waals surface area contributed by atoms with Crippen LogP contribution in [0.2, 0.25) is 5.02 Å². The first-order valence-electron chi connectivity index (χ1n) is 11.7. The number of nitrogens with zero attached hydrogens (tertiary/aromatic N) is 7. The second kappa shape index (κ2) is 10.2. The van der Waals surface area contributed by atoms with E-state index in [1.54, 1.807) is 4.57 Å². The van der Waals surface area contributed by atoms with Crippen molar-refractivity contribution in [3.8, 4) is 17.4 Å². The topological polar surface area (TPSA) is 165 Å². The highest BCUT2D eigenvalue weighted by atomic mass is 35.5. The van der Waals surface area contributed by atoms with Crippen LogP contribution < -0.4 is 14.2 Å². The minimum Gasteiger partial charge on any atom is -0.479 e. The Kier molecular flexibility index (Phi) is 7.11. The summed E-state index contributed by atoms with van der Waals surface area (Å²) >= 11 is 5.88. The van der Waals surface area contributed by atoms with Crippen molar-refractivity contribution in [3.05, 3.63) is 35.4 Å². The first-order valence-corrected chi connectivity index (χ1v) is 13.6. The van der Waals surface area contributed by atoms with E-state index in [-0.39, 0.29) is 40.6 Å². The zero-order chi connectivity index (χ0) is 27.1. The summed E-state index contributed by atoms with van der Waals surface area (Å²) in [5.74, 6) is 0.957. The van der Waals surface area contributed by atoms with E-state index in [4.69, 9.17) is 30.5 Å². The van der Waals surface area contributed by atoms with E-state index in [2.05, 4.69) is 34.9 Å². The van der Waals surface area contributed by atoms with Gasteiger partial charge in [-0.2, -0.15) is 9.97 Å². The molecule has 38 heavy (non-hydrogen) atoms. The zero-order valence-corrected chi connectivity index (χ0v) is 22.7. The second-order valence-corrected chi connectivity index (χ2v) is 11.8. The molecule has 1 aliphatic heterocycles. The third kappa shape index (κ3) is 4.63. The lowest BCUT2D eigenvalue weighted by atomic mass is 9.60. The number of hydrogen-bond donors (Lipinski definition) is 1. The van der Waals surface area contributed by atoms with Crippen molar-refractivity contribution in [2.24, 2.45) is 5.41 Å². The molecule has 14 nitrogen and oxygen atoms in total. The standard InChI is InChI=1S/C22H27ClN8O6S/c1-12(16(34-2)17-24-7-14(23)8-25-17)38(32,33)30-21-29-28-18(13-5-22(6-13)9-37-10-22)31(21)15-19(35-3)26-11-27-20(15)36-4/h7-8,11-13,16H,5-6,9-10H2,1-4H3,(H,29,30)/t12-,16-/m0/s1. The van der Waals surface area contributed by atoms with Crippen LogP contribution in [0.3, 0.4) is 0 Å². The molecule has 1 saturated carbocycles. The highest BCUT2D eigenvalue weighted by Crippen LogP contribution is 2.55. The summed E-state index contributed by atoms with van der Waals surface area (Å²) in [4.78, 5) is 16.6. The maximum absolute atomic E-state index is 13.6. The zero-order valence-electron chi connectivity index (χ0n) is 21.2. The summed E-state index contributed by atoms with van der Waals surface area (Å²) in [5.41, 5.74) is 0.402. The van der Waals surface area contributed by atoms with Gasteiger partial charge in [0.2, 0.25) is 27.7 Å². The van der Waals surface area contributed by atoms with Gasteiger partial charge in [-0.05, 0) is 19.8 Å². The predicted molar refractivity (Wildman–Crippen MR) is 134 cm³/mol. The number of ether oxygens (including phenoxy) is 4. The molecule has 2 fully saturated rings. The van der Waals surface area contributed by atoms with E-state index in [1.165, 1.54) is 47.0 Å². The Morgan fingerprint density at radius 1 is 1.08 bits per heavy atom. The Balaban J connectivity index is 1.53. The van der Waals surface area contributed by atoms with Crippen LogP contribution in [0, 0.1) is 5.41 Å². The summed E-state index contributed by atoms with van der Waals surface area (Å²) in [6, 6.07) is 0. The molecule has 2 atom stereocenters. The van der Waals surface area contributed by atoms with E-state index in [0.717, 1.165) is 12.8 Å². The lowest BCUT2D eigenvalue weighted by Crippen LogP contribution is -2.51. The number of aromatic nitrogens is 7. The van der Waals surface area contributed by atoms with Crippen molar-refractivity contribution in [1.29, 1.82) is 0 Å². The van der Waals surface area contributed by atoms with Crippen LogP contribution in [-0.2, 0) is 19.5 Å². The molecule has 0 radical (unpaired) electrons. The van der Waals surface area contributed by atoms with E-state index < -0.39 is 21.4 Å². The van der Waals surface area contributed by atoms with Gasteiger partial charge in [-0.15, -0.1) is 10.2 Å². The van der Waals surface area contributed by atoms with Gasteiger partial charge in [0.15, 0.2) is 11.5 Å². The predicted octanol–water partition coefficient (Wildman–Crippen LogP) is 1.93. The number of sulfonamides is 1. The molecule has 0 amide bonds. The summed E-state index contributed by atoms with van der Waals surface area (Å²) in [6.07, 6.45) is 4.69. The lowest BCUT2D eigenvalue weighted by Gasteiger charge is -2.52. The van der Waals surface area contributed by atoms with Gasteiger partial charge >= 0.3 is 0 Å². The van der Waals surface area contributed by atoms with E-state index in [9.17, 15) is 8.42 Å². The van der Waals surface area contributed by atoms with Gasteiger partial charge in [0.1, 0.15) is 23.5 Å². The molecule has 1 aliphatic carbocycles. The van der Waals surface area contributed by atoms with Crippen LogP contribution in [0.1, 0.15) is 43.4 Å². The number of hydrogen-bond acceptors (Lipinski definition) is 12. The van der Waals surface area contributed by atoms with Crippen LogP contribution in [0.25, 0.3) is 5.69 Å². The summed E-state index contributed by atoms with van der Waals surface area (Å²) in [5, 5.41) is 7.77. The van der Waals surface area contributed by atoms with E-state index >= 15 is 0 Å². The van der Waals surface area contributed by atoms with Crippen molar-refractivity contribution >= 4 is 27.6 Å². The maximum atomic E-state index is 13.6. The number of nitrogens with one attached hydrogen (secondary N) is 1. The normalized spacial score (nSPS) is 18.3. The van der Waals surface area contributed by atoms with Crippen LogP contribution in [0.4, 0.5) is 5.95 Å². The highest BCUT2D eigenvalue weighted by molar-refractivity contribution is 7.93. The molecular formula is C22H27ClN8O6S. The molecule has 0 bridgehead atoms. The minimum absolute atomic E-state index is 0.00545. The van der Waals surface area contributed by atoms with E-state index in [0.29, 0.717) is 24.1 Å². The molecule has 0 unspecified atom stereocenters. The summed E-state index contributed by atoms with van der Waals surface area (Å²) < 4.78 is 53.1. The molecule has 2 aliphatic rings. The molecule has 5 rings (SSSR count). The molecule has 1 N–H and O–H groups in total. The number of rotatable bonds is 10. The Bertz CT molecular complexity index is 1390. The van der Waals surface area contributed by atoms with E-state index in [1.807, 2.05) is 0 Å². The maximum Gasteiger partial charge on any atom is 0.245 e. The molecule has 3 aromatic heterocycles. The minimum atomic E-state index is -4.12. The Hall–Kier alpha value is -3.14. The van der Waals surface area contributed by atoms with Gasteiger partial charge in [0.05, 0.1) is 32.5 Å². The quantitative estimate of drug-likeness (QED) is 0.379. The van der Waals surface area contributed by atoms with Crippen molar-refractivity contribution in [2.75, 3.05) is 39.3 Å². The number of methoxy groups -OCH3 is 3. The average molecular weight is 567 g/mol. The van der Waals surface area contributed by atoms with Gasteiger partial charge in [0.25, 0.3) is 0 Å². The Morgan fingerprint density at radius 2 is 1.71 bits per heavy atom. The fourth-order valence-corrected chi connectivity index (χ4v) is 6.07. The van der Waals surface area contributed by atoms with Gasteiger partial charge in [0, 0.05) is 30.8 Å². The lowest BCUT2D eigenvalue weighted by molar-refractivity contribution is -0.165. The van der Waals surface area contributed by atoms with Gasteiger partial charge in [-0.25, -0.2) is 18.4 Å². The number of halogens is 1. The van der Waals surface area contributed by atoms with Crippen LogP contribution in [-0.4, -0.2) is 82.9 Å².